The Hall–Kier alpha value is -1.58. The number of hydrogen-bond donors (Lipinski definition) is 1. The van der Waals surface area contributed by atoms with Crippen molar-refractivity contribution in [2.24, 2.45) is 0 Å². The number of aryl methyl sites for hydroxylation is 1. The summed E-state index contributed by atoms with van der Waals surface area (Å²) in [4.78, 5) is 0.154. The number of benzene rings is 1. The molecule has 0 saturated heterocycles. The third-order valence-corrected chi connectivity index (χ3v) is 6.06. The maximum absolute atomic E-state index is 12.3. The van der Waals surface area contributed by atoms with E-state index >= 15 is 0 Å². The van der Waals surface area contributed by atoms with Crippen LogP contribution >= 0.6 is 23.1 Å². The zero-order chi connectivity index (χ0) is 16.2. The fourth-order valence-corrected chi connectivity index (χ4v) is 4.46. The van der Waals surface area contributed by atoms with Crippen molar-refractivity contribution in [3.05, 3.63) is 36.4 Å². The first-order chi connectivity index (χ1) is 10.5. The van der Waals surface area contributed by atoms with Gasteiger partial charge in [0.15, 0.2) is 4.34 Å². The van der Waals surface area contributed by atoms with Gasteiger partial charge in [0.05, 0.1) is 12.0 Å². The van der Waals surface area contributed by atoms with Crippen molar-refractivity contribution >= 4 is 38.3 Å². The number of methoxy groups -OCH3 is 1. The topological polar surface area (TPSA) is 81.2 Å². The van der Waals surface area contributed by atoms with Crippen molar-refractivity contribution in [1.82, 2.24) is 10.2 Å². The molecule has 1 N–H and O–H groups in total. The number of hydrogen-bond acceptors (Lipinski definition) is 7. The van der Waals surface area contributed by atoms with Crippen LogP contribution in [0.4, 0.5) is 5.13 Å². The molecule has 0 aliphatic carbocycles. The highest BCUT2D eigenvalue weighted by atomic mass is 32.2. The molecule has 0 radical (unpaired) electrons. The molecule has 1 aromatic carbocycles. The Morgan fingerprint density at radius 1 is 1.45 bits per heavy atom. The number of rotatable bonds is 7. The maximum Gasteiger partial charge on any atom is 0.263 e. The predicted octanol–water partition coefficient (Wildman–Crippen LogP) is 2.93. The molecule has 0 atom stereocenters. The van der Waals surface area contributed by atoms with E-state index in [0.29, 0.717) is 15.8 Å². The van der Waals surface area contributed by atoms with Crippen LogP contribution in [-0.2, 0) is 10.0 Å². The van der Waals surface area contributed by atoms with E-state index in [-0.39, 0.29) is 10.0 Å². The van der Waals surface area contributed by atoms with E-state index in [9.17, 15) is 8.42 Å². The quantitative estimate of drug-likeness (QED) is 0.606. The first-order valence-electron chi connectivity index (χ1n) is 6.21. The van der Waals surface area contributed by atoms with E-state index in [2.05, 4.69) is 21.5 Å². The first kappa shape index (κ1) is 16.8. The van der Waals surface area contributed by atoms with Crippen molar-refractivity contribution in [3.8, 4) is 5.75 Å². The summed E-state index contributed by atoms with van der Waals surface area (Å²) in [5.41, 5.74) is 0.741. The van der Waals surface area contributed by atoms with Crippen LogP contribution in [0.2, 0.25) is 0 Å². The lowest BCUT2D eigenvalue weighted by atomic mass is 10.2. The Morgan fingerprint density at radius 3 is 2.86 bits per heavy atom. The van der Waals surface area contributed by atoms with Gasteiger partial charge in [0.2, 0.25) is 5.13 Å². The highest BCUT2D eigenvalue weighted by Crippen LogP contribution is 2.28. The van der Waals surface area contributed by atoms with Crippen molar-refractivity contribution in [2.75, 3.05) is 17.6 Å². The molecular weight excluding hydrogens is 342 g/mol. The van der Waals surface area contributed by atoms with E-state index in [4.69, 9.17) is 4.74 Å². The highest BCUT2D eigenvalue weighted by molar-refractivity contribution is 8.01. The molecule has 1 aromatic heterocycles. The second-order valence-corrected chi connectivity index (χ2v) is 8.14. The summed E-state index contributed by atoms with van der Waals surface area (Å²) < 4.78 is 32.9. The lowest BCUT2D eigenvalue weighted by molar-refractivity contribution is 0.411. The SMILES string of the molecule is C=CCSc1nnc(NS(=O)(=O)c2ccc(OC)c(C)c2)s1. The minimum Gasteiger partial charge on any atom is -0.496 e. The van der Waals surface area contributed by atoms with Crippen molar-refractivity contribution < 1.29 is 13.2 Å². The third-order valence-electron chi connectivity index (χ3n) is 2.63. The molecule has 0 spiro atoms. The fraction of sp³-hybridized carbons (Fsp3) is 0.231. The number of thioether (sulfide) groups is 1. The molecular formula is C13H15N3O3S3. The smallest absolute Gasteiger partial charge is 0.263 e. The second kappa shape index (κ2) is 7.12. The Labute approximate surface area is 137 Å². The average Bonchev–Trinajstić information content (AvgIpc) is 2.91. The zero-order valence-electron chi connectivity index (χ0n) is 12.1. The molecule has 9 heteroatoms. The van der Waals surface area contributed by atoms with E-state index < -0.39 is 10.0 Å². The number of nitrogens with one attached hydrogen (secondary N) is 1. The predicted molar refractivity (Wildman–Crippen MR) is 89.4 cm³/mol. The number of ether oxygens (including phenoxy) is 1. The summed E-state index contributed by atoms with van der Waals surface area (Å²) >= 11 is 2.63. The van der Waals surface area contributed by atoms with Crippen LogP contribution in [0.3, 0.4) is 0 Å². The van der Waals surface area contributed by atoms with Crippen LogP contribution in [0.25, 0.3) is 0 Å². The average molecular weight is 357 g/mol. The molecule has 0 amide bonds. The summed E-state index contributed by atoms with van der Waals surface area (Å²) in [6.45, 7) is 5.40. The summed E-state index contributed by atoms with van der Waals surface area (Å²) in [5.74, 6) is 1.33. The van der Waals surface area contributed by atoms with Gasteiger partial charge >= 0.3 is 0 Å². The van der Waals surface area contributed by atoms with E-state index in [0.717, 1.165) is 5.56 Å². The number of anilines is 1. The fourth-order valence-electron chi connectivity index (χ4n) is 1.63. The molecule has 2 aromatic rings. The molecule has 0 aliphatic rings. The van der Waals surface area contributed by atoms with E-state index in [1.807, 2.05) is 0 Å². The van der Waals surface area contributed by atoms with Crippen LogP contribution in [0.15, 0.2) is 40.1 Å². The van der Waals surface area contributed by atoms with Crippen LogP contribution in [-0.4, -0.2) is 31.5 Å². The van der Waals surface area contributed by atoms with Gasteiger partial charge in [0.1, 0.15) is 5.75 Å². The van der Waals surface area contributed by atoms with Crippen LogP contribution in [0.5, 0.6) is 5.75 Å². The first-order valence-corrected chi connectivity index (χ1v) is 9.49. The number of aromatic nitrogens is 2. The lowest BCUT2D eigenvalue weighted by Gasteiger charge is -2.08. The van der Waals surface area contributed by atoms with Gasteiger partial charge in [-0.2, -0.15) is 0 Å². The third kappa shape index (κ3) is 3.99. The normalized spacial score (nSPS) is 11.2. The summed E-state index contributed by atoms with van der Waals surface area (Å²) in [5, 5.41) is 7.98. The zero-order valence-corrected chi connectivity index (χ0v) is 14.5. The lowest BCUT2D eigenvalue weighted by Crippen LogP contribution is -2.13. The van der Waals surface area contributed by atoms with Gasteiger partial charge < -0.3 is 4.74 Å². The Bertz CT molecular complexity index is 772. The molecule has 0 bridgehead atoms. The summed E-state index contributed by atoms with van der Waals surface area (Å²) in [6.07, 6.45) is 1.75. The van der Waals surface area contributed by atoms with Gasteiger partial charge in [-0.1, -0.05) is 29.2 Å². The largest absolute Gasteiger partial charge is 0.496 e. The van der Waals surface area contributed by atoms with Gasteiger partial charge in [-0.3, -0.25) is 4.72 Å². The summed E-state index contributed by atoms with van der Waals surface area (Å²) in [7, 11) is -2.15. The molecule has 0 fully saturated rings. The molecule has 0 saturated carbocycles. The highest BCUT2D eigenvalue weighted by Gasteiger charge is 2.18. The van der Waals surface area contributed by atoms with Crippen molar-refractivity contribution in [3.63, 3.8) is 0 Å². The van der Waals surface area contributed by atoms with Gasteiger partial charge in [0, 0.05) is 5.75 Å². The van der Waals surface area contributed by atoms with Gasteiger partial charge in [-0.25, -0.2) is 8.42 Å². The minimum absolute atomic E-state index is 0.154. The molecule has 6 nitrogen and oxygen atoms in total. The number of nitrogens with zero attached hydrogens (tertiary/aromatic N) is 2. The van der Waals surface area contributed by atoms with Crippen molar-refractivity contribution in [1.29, 1.82) is 0 Å². The second-order valence-electron chi connectivity index (χ2n) is 4.21. The molecule has 22 heavy (non-hydrogen) atoms. The molecule has 1 heterocycles. The Morgan fingerprint density at radius 2 is 2.23 bits per heavy atom. The van der Waals surface area contributed by atoms with Crippen LogP contribution < -0.4 is 9.46 Å². The Balaban J connectivity index is 2.18. The van der Waals surface area contributed by atoms with Gasteiger partial charge in [-0.15, -0.1) is 16.8 Å². The van der Waals surface area contributed by atoms with Crippen LogP contribution in [0.1, 0.15) is 5.56 Å². The van der Waals surface area contributed by atoms with E-state index in [1.54, 1.807) is 32.2 Å². The number of sulfonamides is 1. The van der Waals surface area contributed by atoms with Crippen molar-refractivity contribution in [2.45, 2.75) is 16.2 Å². The molecule has 0 aliphatic heterocycles. The maximum atomic E-state index is 12.3. The molecule has 2 rings (SSSR count). The molecule has 118 valence electrons. The monoisotopic (exact) mass is 357 g/mol. The standard InChI is InChI=1S/C13H15N3O3S3/c1-4-7-20-13-15-14-12(21-13)16-22(17,18)10-5-6-11(19-3)9(2)8-10/h4-6,8H,1,7H2,2-3H3,(H,14,16). The van der Waals surface area contributed by atoms with Gasteiger partial charge in [0.25, 0.3) is 10.0 Å². The molecule has 0 unspecified atom stereocenters. The summed E-state index contributed by atoms with van der Waals surface area (Å²) in [6, 6.07) is 4.66. The van der Waals surface area contributed by atoms with Crippen LogP contribution in [0, 0.1) is 6.92 Å². The Kier molecular flexibility index (Phi) is 5.43. The minimum atomic E-state index is -3.70. The van der Waals surface area contributed by atoms with E-state index in [1.165, 1.54) is 29.2 Å². The van der Waals surface area contributed by atoms with Gasteiger partial charge in [-0.05, 0) is 30.7 Å².